The van der Waals surface area contributed by atoms with E-state index in [1.165, 1.54) is 12.5 Å². The minimum atomic E-state index is -2.83. The molecule has 1 aromatic heterocycles. The number of rotatable bonds is 3. The van der Waals surface area contributed by atoms with Gasteiger partial charge in [0.05, 0.1) is 19.3 Å². The minimum absolute atomic E-state index is 0.347. The molecule has 0 bridgehead atoms. The third-order valence-corrected chi connectivity index (χ3v) is 1.65. The number of imidazole rings is 1. The van der Waals surface area contributed by atoms with Crippen LogP contribution in [-0.4, -0.2) is 22.0 Å². The fourth-order valence-electron chi connectivity index (χ4n) is 0.892. The molecule has 0 amide bonds. The van der Waals surface area contributed by atoms with Crippen molar-refractivity contribution in [2.24, 2.45) is 12.8 Å². The van der Waals surface area contributed by atoms with Gasteiger partial charge in [-0.2, -0.15) is 0 Å². The Bertz CT molecular complexity index is 257. The molecule has 0 spiro atoms. The number of nitrogens with zero attached hydrogens (tertiary/aromatic N) is 2. The van der Waals surface area contributed by atoms with E-state index < -0.39 is 12.5 Å². The smallest absolute Gasteiger partial charge is 0.265 e. The predicted octanol–water partition coefficient (Wildman–Crippen LogP) is 0.557. The van der Waals surface area contributed by atoms with E-state index in [1.807, 2.05) is 0 Å². The minimum Gasteiger partial charge on any atom is -0.337 e. The van der Waals surface area contributed by atoms with E-state index in [-0.39, 0.29) is 6.42 Å². The van der Waals surface area contributed by atoms with Crippen molar-refractivity contribution in [3.05, 3.63) is 18.2 Å². The largest absolute Gasteiger partial charge is 0.337 e. The van der Waals surface area contributed by atoms with Gasteiger partial charge in [0.2, 0.25) is 0 Å². The zero-order valence-corrected chi connectivity index (χ0v) is 6.80. The van der Waals surface area contributed by atoms with Gasteiger partial charge in [-0.25, -0.2) is 13.8 Å². The van der Waals surface area contributed by atoms with Crippen LogP contribution in [0.4, 0.5) is 8.78 Å². The molecule has 12 heavy (non-hydrogen) atoms. The highest BCUT2D eigenvalue weighted by Crippen LogP contribution is 2.17. The van der Waals surface area contributed by atoms with Gasteiger partial charge in [0.1, 0.15) is 0 Å². The van der Waals surface area contributed by atoms with Crippen molar-refractivity contribution in [1.82, 2.24) is 9.55 Å². The molecule has 0 aliphatic heterocycles. The Morgan fingerprint density at radius 1 is 1.67 bits per heavy atom. The van der Waals surface area contributed by atoms with Crippen LogP contribution in [0.1, 0.15) is 5.69 Å². The van der Waals surface area contributed by atoms with E-state index in [0.29, 0.717) is 5.69 Å². The van der Waals surface area contributed by atoms with Crippen LogP contribution in [0.15, 0.2) is 12.5 Å². The Morgan fingerprint density at radius 2 is 2.33 bits per heavy atom. The summed E-state index contributed by atoms with van der Waals surface area (Å²) in [6.07, 6.45) is 2.56. The fraction of sp³-hybridized carbons (Fsp3) is 0.571. The van der Waals surface area contributed by atoms with Crippen molar-refractivity contribution in [2.45, 2.75) is 12.3 Å². The summed E-state index contributed by atoms with van der Waals surface area (Å²) >= 11 is 0. The van der Waals surface area contributed by atoms with E-state index in [9.17, 15) is 8.78 Å². The molecule has 0 aromatic carbocycles. The van der Waals surface area contributed by atoms with Crippen LogP contribution in [-0.2, 0) is 13.5 Å². The Hall–Kier alpha value is -0.970. The molecule has 1 rings (SSSR count). The summed E-state index contributed by atoms with van der Waals surface area (Å²) in [5.74, 6) is -2.83. The third kappa shape index (κ3) is 2.01. The van der Waals surface area contributed by atoms with E-state index >= 15 is 0 Å². The van der Waals surface area contributed by atoms with Crippen LogP contribution < -0.4 is 5.73 Å². The number of hydrogen-bond acceptors (Lipinski definition) is 2. The average molecular weight is 175 g/mol. The number of aryl methyl sites for hydroxylation is 1. The monoisotopic (exact) mass is 175 g/mol. The van der Waals surface area contributed by atoms with Gasteiger partial charge in [-0.1, -0.05) is 0 Å². The van der Waals surface area contributed by atoms with Crippen LogP contribution in [0.3, 0.4) is 0 Å². The molecule has 1 heterocycles. The number of nitrogens with two attached hydrogens (primary N) is 1. The van der Waals surface area contributed by atoms with Gasteiger partial charge < -0.3 is 10.3 Å². The number of hydrogen-bond donors (Lipinski definition) is 1. The summed E-state index contributed by atoms with van der Waals surface area (Å²) in [5.41, 5.74) is 5.38. The highest BCUT2D eigenvalue weighted by atomic mass is 19.3. The molecule has 0 saturated carbocycles. The lowest BCUT2D eigenvalue weighted by atomic mass is 10.2. The van der Waals surface area contributed by atoms with E-state index in [1.54, 1.807) is 11.6 Å². The normalized spacial score (nSPS) is 12.0. The molecule has 0 radical (unpaired) electrons. The number of aromatic nitrogens is 2. The lowest BCUT2D eigenvalue weighted by Gasteiger charge is -2.13. The molecule has 0 unspecified atom stereocenters. The molecule has 0 aliphatic rings. The summed E-state index contributed by atoms with van der Waals surface area (Å²) in [7, 11) is 1.68. The highest BCUT2D eigenvalue weighted by molar-refractivity contribution is 5.01. The molecule has 0 fully saturated rings. The summed E-state index contributed by atoms with van der Waals surface area (Å²) in [5, 5.41) is 0. The molecule has 2 N–H and O–H groups in total. The summed E-state index contributed by atoms with van der Waals surface area (Å²) in [6, 6.07) is 0. The van der Waals surface area contributed by atoms with Gasteiger partial charge in [0.15, 0.2) is 0 Å². The van der Waals surface area contributed by atoms with Crippen LogP contribution in [0.2, 0.25) is 0 Å². The Morgan fingerprint density at radius 3 is 2.75 bits per heavy atom. The average Bonchev–Trinajstić information content (AvgIpc) is 2.36. The lowest BCUT2D eigenvalue weighted by molar-refractivity contribution is 0.00990. The van der Waals surface area contributed by atoms with E-state index in [2.05, 4.69) is 4.98 Å². The molecular weight excluding hydrogens is 164 g/mol. The topological polar surface area (TPSA) is 43.8 Å². The van der Waals surface area contributed by atoms with Gasteiger partial charge in [0.25, 0.3) is 5.92 Å². The molecular formula is C7H11F2N3. The second-order valence-corrected chi connectivity index (χ2v) is 2.73. The van der Waals surface area contributed by atoms with Crippen LogP contribution in [0.25, 0.3) is 0 Å². The maximum atomic E-state index is 12.7. The zero-order chi connectivity index (χ0) is 9.19. The summed E-state index contributed by atoms with van der Waals surface area (Å²) in [6.45, 7) is -0.627. The van der Waals surface area contributed by atoms with Crippen LogP contribution in [0.5, 0.6) is 0 Å². The summed E-state index contributed by atoms with van der Waals surface area (Å²) in [4.78, 5) is 3.73. The number of alkyl halides is 2. The summed E-state index contributed by atoms with van der Waals surface area (Å²) < 4.78 is 27.0. The lowest BCUT2D eigenvalue weighted by Crippen LogP contribution is -2.30. The first-order valence-electron chi connectivity index (χ1n) is 3.58. The third-order valence-electron chi connectivity index (χ3n) is 1.65. The highest BCUT2D eigenvalue weighted by Gasteiger charge is 2.28. The first-order valence-corrected chi connectivity index (χ1v) is 3.58. The van der Waals surface area contributed by atoms with Gasteiger partial charge in [0, 0.05) is 18.9 Å². The first kappa shape index (κ1) is 9.12. The van der Waals surface area contributed by atoms with E-state index in [0.717, 1.165) is 0 Å². The van der Waals surface area contributed by atoms with Gasteiger partial charge in [-0.3, -0.25) is 0 Å². The molecule has 0 atom stereocenters. The molecule has 68 valence electrons. The molecule has 1 aromatic rings. The second-order valence-electron chi connectivity index (χ2n) is 2.73. The van der Waals surface area contributed by atoms with E-state index in [4.69, 9.17) is 5.73 Å². The van der Waals surface area contributed by atoms with Crippen molar-refractivity contribution in [2.75, 3.05) is 6.54 Å². The SMILES string of the molecule is Cn1cncc1CC(F)(F)CN. The predicted molar refractivity (Wildman–Crippen MR) is 40.9 cm³/mol. The second kappa shape index (κ2) is 3.18. The van der Waals surface area contributed by atoms with Gasteiger partial charge >= 0.3 is 0 Å². The number of halogens is 2. The molecule has 3 nitrogen and oxygen atoms in total. The van der Waals surface area contributed by atoms with Crippen molar-refractivity contribution < 1.29 is 8.78 Å². The molecule has 5 heteroatoms. The first-order chi connectivity index (χ1) is 5.55. The maximum absolute atomic E-state index is 12.7. The Labute approximate surface area is 69.2 Å². The van der Waals surface area contributed by atoms with Gasteiger partial charge in [-0.05, 0) is 0 Å². The molecule has 0 saturated heterocycles. The maximum Gasteiger partial charge on any atom is 0.265 e. The van der Waals surface area contributed by atoms with Crippen LogP contribution in [0, 0.1) is 0 Å². The molecule has 0 aliphatic carbocycles. The Balaban J connectivity index is 2.70. The quantitative estimate of drug-likeness (QED) is 0.729. The fourth-order valence-corrected chi connectivity index (χ4v) is 0.892. The van der Waals surface area contributed by atoms with Crippen molar-refractivity contribution >= 4 is 0 Å². The van der Waals surface area contributed by atoms with Crippen molar-refractivity contribution in [3.63, 3.8) is 0 Å². The Kier molecular flexibility index (Phi) is 2.42. The van der Waals surface area contributed by atoms with Crippen molar-refractivity contribution in [1.29, 1.82) is 0 Å². The van der Waals surface area contributed by atoms with Gasteiger partial charge in [-0.15, -0.1) is 0 Å². The zero-order valence-electron chi connectivity index (χ0n) is 6.80. The van der Waals surface area contributed by atoms with Crippen LogP contribution >= 0.6 is 0 Å². The van der Waals surface area contributed by atoms with Crippen molar-refractivity contribution in [3.8, 4) is 0 Å². The standard InChI is InChI=1S/C7H11F2N3/c1-12-5-11-3-6(12)2-7(8,9)4-10/h3,5H,2,4,10H2,1H3.